The van der Waals surface area contributed by atoms with Crippen molar-refractivity contribution in [3.63, 3.8) is 0 Å². The van der Waals surface area contributed by atoms with E-state index < -0.39 is 12.0 Å². The lowest BCUT2D eigenvalue weighted by Crippen LogP contribution is -2.44. The van der Waals surface area contributed by atoms with Crippen molar-refractivity contribution >= 4 is 17.5 Å². The molecule has 1 saturated carbocycles. The SMILES string of the molecule is CC#Cc1cc(C)c(C2C(=O)CC(NC(C)=O)CC2=O)c(OC)c1. The van der Waals surface area contributed by atoms with Crippen LogP contribution in [0.1, 0.15) is 49.3 Å². The molecule has 5 nitrogen and oxygen atoms in total. The standard InChI is InChI=1S/C19H21NO4/c1-5-6-13-7-11(2)18(17(8-13)24-4)19-15(22)9-14(10-16(19)23)20-12(3)21/h7-8,14,19H,9-10H2,1-4H3,(H,20,21). The Morgan fingerprint density at radius 2 is 1.88 bits per heavy atom. The second-order valence-corrected chi connectivity index (χ2v) is 5.96. The summed E-state index contributed by atoms with van der Waals surface area (Å²) in [6.07, 6.45) is 0.296. The summed E-state index contributed by atoms with van der Waals surface area (Å²) in [7, 11) is 1.51. The number of hydrogen-bond donors (Lipinski definition) is 1. The minimum atomic E-state index is -0.839. The maximum Gasteiger partial charge on any atom is 0.217 e. The lowest BCUT2D eigenvalue weighted by molar-refractivity contribution is -0.133. The Bertz CT molecular complexity index is 737. The number of carbonyl (C=O) groups is 3. The van der Waals surface area contributed by atoms with E-state index in [1.807, 2.05) is 13.0 Å². The summed E-state index contributed by atoms with van der Waals surface area (Å²) >= 11 is 0. The molecule has 1 amide bonds. The van der Waals surface area contributed by atoms with Gasteiger partial charge in [0.1, 0.15) is 23.2 Å². The Hall–Kier alpha value is -2.61. The Balaban J connectivity index is 2.40. The molecule has 1 aromatic carbocycles. The molecule has 5 heteroatoms. The average Bonchev–Trinajstić information content (AvgIpc) is 2.47. The zero-order chi connectivity index (χ0) is 17.9. The van der Waals surface area contributed by atoms with Crippen molar-refractivity contribution in [2.75, 3.05) is 7.11 Å². The number of nitrogens with one attached hydrogen (secondary N) is 1. The maximum atomic E-state index is 12.6. The zero-order valence-corrected chi connectivity index (χ0v) is 14.4. The number of amides is 1. The van der Waals surface area contributed by atoms with Gasteiger partial charge in [0.15, 0.2) is 0 Å². The second-order valence-electron chi connectivity index (χ2n) is 5.96. The molecule has 1 aliphatic carbocycles. The van der Waals surface area contributed by atoms with E-state index in [0.717, 1.165) is 11.1 Å². The van der Waals surface area contributed by atoms with Crippen molar-refractivity contribution in [1.29, 1.82) is 0 Å². The molecule has 0 aromatic heterocycles. The number of methoxy groups -OCH3 is 1. The highest BCUT2D eigenvalue weighted by atomic mass is 16.5. The molecule has 0 saturated heterocycles. The number of ether oxygens (including phenoxy) is 1. The van der Waals surface area contributed by atoms with Crippen LogP contribution in [0.25, 0.3) is 0 Å². The van der Waals surface area contributed by atoms with Crippen LogP contribution >= 0.6 is 0 Å². The average molecular weight is 327 g/mol. The number of ketones is 2. The van der Waals surface area contributed by atoms with Gasteiger partial charge in [-0.1, -0.05) is 5.92 Å². The van der Waals surface area contributed by atoms with Crippen LogP contribution in [0.2, 0.25) is 0 Å². The van der Waals surface area contributed by atoms with Crippen molar-refractivity contribution < 1.29 is 19.1 Å². The Morgan fingerprint density at radius 1 is 1.25 bits per heavy atom. The Kier molecular flexibility index (Phi) is 5.40. The van der Waals surface area contributed by atoms with E-state index in [2.05, 4.69) is 17.2 Å². The van der Waals surface area contributed by atoms with E-state index in [-0.39, 0.29) is 30.3 Å². The molecule has 0 atom stereocenters. The molecule has 0 radical (unpaired) electrons. The summed E-state index contributed by atoms with van der Waals surface area (Å²) in [6.45, 7) is 4.97. The molecular weight excluding hydrogens is 306 g/mol. The fourth-order valence-electron chi connectivity index (χ4n) is 3.21. The first-order chi connectivity index (χ1) is 11.4. The highest BCUT2D eigenvalue weighted by molar-refractivity contribution is 6.11. The van der Waals surface area contributed by atoms with Crippen molar-refractivity contribution in [2.24, 2.45) is 0 Å². The van der Waals surface area contributed by atoms with Crippen LogP contribution in [0.4, 0.5) is 0 Å². The largest absolute Gasteiger partial charge is 0.496 e. The van der Waals surface area contributed by atoms with E-state index in [1.165, 1.54) is 14.0 Å². The summed E-state index contributed by atoms with van der Waals surface area (Å²) in [6, 6.07) is 3.18. The van der Waals surface area contributed by atoms with Gasteiger partial charge in [-0.15, -0.1) is 5.92 Å². The molecule has 126 valence electrons. The van der Waals surface area contributed by atoms with Crippen LogP contribution in [0.5, 0.6) is 5.75 Å². The summed E-state index contributed by atoms with van der Waals surface area (Å²) < 4.78 is 5.41. The van der Waals surface area contributed by atoms with Gasteiger partial charge in [-0.3, -0.25) is 14.4 Å². The third-order valence-corrected chi connectivity index (χ3v) is 4.07. The molecule has 0 heterocycles. The Labute approximate surface area is 141 Å². The number of aryl methyl sites for hydroxylation is 1. The molecule has 0 aliphatic heterocycles. The molecule has 24 heavy (non-hydrogen) atoms. The van der Waals surface area contributed by atoms with E-state index in [1.54, 1.807) is 13.0 Å². The molecule has 0 spiro atoms. The zero-order valence-electron chi connectivity index (χ0n) is 14.4. The topological polar surface area (TPSA) is 72.5 Å². The summed E-state index contributed by atoms with van der Waals surface area (Å²) in [5.41, 5.74) is 2.19. The highest BCUT2D eigenvalue weighted by Crippen LogP contribution is 2.36. The van der Waals surface area contributed by atoms with E-state index >= 15 is 0 Å². The van der Waals surface area contributed by atoms with Gasteiger partial charge in [0.25, 0.3) is 0 Å². The summed E-state index contributed by atoms with van der Waals surface area (Å²) in [5, 5.41) is 2.65. The molecule has 2 rings (SSSR count). The predicted octanol–water partition coefficient (Wildman–Crippen LogP) is 1.90. The quantitative estimate of drug-likeness (QED) is 0.680. The minimum absolute atomic E-state index is 0.148. The minimum Gasteiger partial charge on any atom is -0.496 e. The Morgan fingerprint density at radius 3 is 2.38 bits per heavy atom. The maximum absolute atomic E-state index is 12.6. The van der Waals surface area contributed by atoms with E-state index in [4.69, 9.17) is 4.74 Å². The van der Waals surface area contributed by atoms with Crippen LogP contribution in [0.15, 0.2) is 12.1 Å². The summed E-state index contributed by atoms with van der Waals surface area (Å²) in [5.74, 6) is 4.81. The third-order valence-electron chi connectivity index (χ3n) is 4.07. The molecule has 1 aliphatic rings. The number of rotatable bonds is 3. The van der Waals surface area contributed by atoms with Crippen LogP contribution in [-0.2, 0) is 14.4 Å². The highest BCUT2D eigenvalue weighted by Gasteiger charge is 2.39. The van der Waals surface area contributed by atoms with Crippen molar-refractivity contribution in [2.45, 2.75) is 45.6 Å². The van der Waals surface area contributed by atoms with Crippen LogP contribution in [0, 0.1) is 18.8 Å². The smallest absolute Gasteiger partial charge is 0.217 e. The van der Waals surface area contributed by atoms with Crippen molar-refractivity contribution in [3.05, 3.63) is 28.8 Å². The fraction of sp³-hybridized carbons (Fsp3) is 0.421. The number of hydrogen-bond acceptors (Lipinski definition) is 4. The van der Waals surface area contributed by atoms with Gasteiger partial charge in [-0.25, -0.2) is 0 Å². The van der Waals surface area contributed by atoms with Gasteiger partial charge in [0, 0.05) is 36.9 Å². The molecular formula is C19H21NO4. The molecule has 1 N–H and O–H groups in total. The van der Waals surface area contributed by atoms with Gasteiger partial charge in [-0.05, 0) is 31.5 Å². The molecule has 0 bridgehead atoms. The van der Waals surface area contributed by atoms with Crippen LogP contribution in [-0.4, -0.2) is 30.6 Å². The number of carbonyl (C=O) groups excluding carboxylic acids is 3. The first-order valence-corrected chi connectivity index (χ1v) is 7.81. The first-order valence-electron chi connectivity index (χ1n) is 7.81. The van der Waals surface area contributed by atoms with Gasteiger partial charge >= 0.3 is 0 Å². The van der Waals surface area contributed by atoms with Gasteiger partial charge in [0.05, 0.1) is 7.11 Å². The molecule has 1 fully saturated rings. The van der Waals surface area contributed by atoms with Crippen molar-refractivity contribution in [1.82, 2.24) is 5.32 Å². The number of benzene rings is 1. The first kappa shape index (κ1) is 17.7. The lowest BCUT2D eigenvalue weighted by atomic mass is 9.77. The fourth-order valence-corrected chi connectivity index (χ4v) is 3.21. The van der Waals surface area contributed by atoms with Crippen LogP contribution < -0.4 is 10.1 Å². The molecule has 0 unspecified atom stereocenters. The number of Topliss-reactive ketones (excluding diaryl/α,β-unsaturated/α-hetero) is 2. The van der Waals surface area contributed by atoms with Crippen molar-refractivity contribution in [3.8, 4) is 17.6 Å². The van der Waals surface area contributed by atoms with E-state index in [0.29, 0.717) is 11.3 Å². The van der Waals surface area contributed by atoms with E-state index in [9.17, 15) is 14.4 Å². The summed E-state index contributed by atoms with van der Waals surface area (Å²) in [4.78, 5) is 36.3. The third kappa shape index (κ3) is 3.65. The lowest BCUT2D eigenvalue weighted by Gasteiger charge is -2.28. The normalized spacial score (nSPS) is 20.2. The molecule has 1 aromatic rings. The van der Waals surface area contributed by atoms with Gasteiger partial charge < -0.3 is 10.1 Å². The second kappa shape index (κ2) is 7.31. The van der Waals surface area contributed by atoms with Gasteiger partial charge in [-0.2, -0.15) is 0 Å². The van der Waals surface area contributed by atoms with Crippen LogP contribution in [0.3, 0.4) is 0 Å². The monoisotopic (exact) mass is 327 g/mol. The predicted molar refractivity (Wildman–Crippen MR) is 89.9 cm³/mol. The van der Waals surface area contributed by atoms with Gasteiger partial charge in [0.2, 0.25) is 5.91 Å².